The van der Waals surface area contributed by atoms with Crippen molar-refractivity contribution < 1.29 is 8.83 Å². The van der Waals surface area contributed by atoms with Crippen molar-refractivity contribution in [3.05, 3.63) is 182 Å². The van der Waals surface area contributed by atoms with Crippen molar-refractivity contribution in [1.82, 2.24) is 0 Å². The summed E-state index contributed by atoms with van der Waals surface area (Å²) >= 11 is 0. The van der Waals surface area contributed by atoms with E-state index in [0.29, 0.717) is 0 Å². The van der Waals surface area contributed by atoms with Crippen LogP contribution >= 0.6 is 0 Å². The number of nitrogens with zero attached hydrogens (tertiary/aromatic N) is 3. The molecule has 9 aromatic rings. The Morgan fingerprint density at radius 2 is 0.962 bits per heavy atom. The third kappa shape index (κ3) is 4.18. The molecule has 0 unspecified atom stereocenters. The van der Waals surface area contributed by atoms with Gasteiger partial charge in [0.15, 0.2) is 0 Å². The van der Waals surface area contributed by atoms with E-state index in [9.17, 15) is 0 Å². The molecule has 0 N–H and O–H groups in total. The van der Waals surface area contributed by atoms with Crippen LogP contribution in [0.5, 0.6) is 0 Å². The highest BCUT2D eigenvalue weighted by atomic mass is 16.4. The van der Waals surface area contributed by atoms with Gasteiger partial charge in [-0.15, -0.1) is 0 Å². The van der Waals surface area contributed by atoms with Gasteiger partial charge in [-0.1, -0.05) is 97.1 Å². The van der Waals surface area contributed by atoms with Crippen molar-refractivity contribution in [2.75, 3.05) is 14.7 Å². The molecular formula is C46H30BN3O2. The fourth-order valence-electron chi connectivity index (χ4n) is 8.31. The van der Waals surface area contributed by atoms with E-state index in [1.165, 1.54) is 5.46 Å². The van der Waals surface area contributed by atoms with Gasteiger partial charge < -0.3 is 18.6 Å². The highest BCUT2D eigenvalue weighted by Crippen LogP contribution is 2.48. The monoisotopic (exact) mass is 667 g/mol. The van der Waals surface area contributed by atoms with Crippen LogP contribution < -0.4 is 31.3 Å². The van der Waals surface area contributed by atoms with Crippen molar-refractivity contribution in [3.63, 3.8) is 0 Å². The first-order valence-electron chi connectivity index (χ1n) is 17.6. The molecule has 0 atom stereocenters. The van der Waals surface area contributed by atoms with E-state index < -0.39 is 0 Å². The average molecular weight is 668 g/mol. The number of hydrogen-bond donors (Lipinski definition) is 0. The molecule has 5 nitrogen and oxygen atoms in total. The lowest BCUT2D eigenvalue weighted by Crippen LogP contribution is -2.60. The molecule has 6 heteroatoms. The first kappa shape index (κ1) is 28.9. The summed E-state index contributed by atoms with van der Waals surface area (Å²) in [5.41, 5.74) is 13.5. The summed E-state index contributed by atoms with van der Waals surface area (Å²) in [4.78, 5) is 7.00. The van der Waals surface area contributed by atoms with Crippen LogP contribution in [0.2, 0.25) is 0 Å². The summed E-state index contributed by atoms with van der Waals surface area (Å²) < 4.78 is 13.8. The Morgan fingerprint density at radius 3 is 1.67 bits per heavy atom. The maximum absolute atomic E-state index is 7.01. The standard InChI is InChI=1S/C46H30BN3O2/c1-4-16-31(17-5-1)48(32-18-6-2-7-19-32)34-22-14-23-35(30-34)49-38-26-15-27-39-43(38)47(45-44(49)37-25-11-13-29-41(37)51-45)42-36-24-10-12-28-40(36)52-46(42)50(39)33-20-8-3-9-21-33/h1-30H. The van der Waals surface area contributed by atoms with Crippen LogP contribution in [0.4, 0.5) is 51.4 Å². The highest BCUT2D eigenvalue weighted by molar-refractivity contribution is 7.01. The van der Waals surface area contributed by atoms with Crippen molar-refractivity contribution >= 4 is 96.6 Å². The minimum Gasteiger partial charge on any atom is -0.468 e. The van der Waals surface area contributed by atoms with Crippen LogP contribution in [0.25, 0.3) is 21.9 Å². The Morgan fingerprint density at radius 1 is 0.423 bits per heavy atom. The lowest BCUT2D eigenvalue weighted by molar-refractivity contribution is 0.622. The number of para-hydroxylation sites is 5. The SMILES string of the molecule is c1ccc(N(c2ccccc2)c2cccc(N3c4cccc5c4B(c4oc6ccccc6c43)c3c(oc4ccccc34)N5c3ccccc3)c2)cc1. The van der Waals surface area contributed by atoms with E-state index in [0.717, 1.165) is 84.4 Å². The van der Waals surface area contributed by atoms with Crippen LogP contribution in [-0.4, -0.2) is 6.71 Å². The lowest BCUT2D eigenvalue weighted by Gasteiger charge is -2.40. The fraction of sp³-hybridized carbons (Fsp3) is 0. The van der Waals surface area contributed by atoms with E-state index >= 15 is 0 Å². The molecule has 4 heterocycles. The lowest BCUT2D eigenvalue weighted by atomic mass is 9.35. The predicted molar refractivity (Wildman–Crippen MR) is 215 cm³/mol. The first-order valence-corrected chi connectivity index (χ1v) is 17.6. The van der Waals surface area contributed by atoms with Crippen LogP contribution in [0.3, 0.4) is 0 Å². The molecule has 2 aliphatic heterocycles. The van der Waals surface area contributed by atoms with Gasteiger partial charge in [0.05, 0.1) is 11.3 Å². The summed E-state index contributed by atoms with van der Waals surface area (Å²) in [6.07, 6.45) is 0. The number of furan rings is 2. The van der Waals surface area contributed by atoms with Crippen molar-refractivity contribution in [2.45, 2.75) is 0 Å². The third-order valence-electron chi connectivity index (χ3n) is 10.4. The molecule has 7 aromatic carbocycles. The number of anilines is 9. The van der Waals surface area contributed by atoms with E-state index in [1.807, 2.05) is 6.07 Å². The molecule has 0 amide bonds. The van der Waals surface area contributed by atoms with Crippen LogP contribution in [0, 0.1) is 0 Å². The normalized spacial score (nSPS) is 12.9. The van der Waals surface area contributed by atoms with Gasteiger partial charge in [-0.3, -0.25) is 4.90 Å². The Bertz CT molecular complexity index is 2740. The first-order chi connectivity index (χ1) is 25.8. The van der Waals surface area contributed by atoms with Crippen molar-refractivity contribution in [1.29, 1.82) is 0 Å². The molecule has 2 aliphatic rings. The largest absolute Gasteiger partial charge is 0.468 e. The van der Waals surface area contributed by atoms with Crippen molar-refractivity contribution in [2.24, 2.45) is 0 Å². The molecule has 0 spiro atoms. The van der Waals surface area contributed by atoms with Gasteiger partial charge in [0, 0.05) is 56.0 Å². The molecule has 52 heavy (non-hydrogen) atoms. The van der Waals surface area contributed by atoms with Crippen LogP contribution in [0.15, 0.2) is 191 Å². The topological polar surface area (TPSA) is 36.0 Å². The van der Waals surface area contributed by atoms with E-state index in [-0.39, 0.29) is 6.71 Å². The summed E-state index contributed by atoms with van der Waals surface area (Å²) in [5.74, 6) is 0.824. The van der Waals surface area contributed by atoms with Gasteiger partial charge in [0.25, 0.3) is 0 Å². The maximum atomic E-state index is 7.01. The molecule has 0 fully saturated rings. The van der Waals surface area contributed by atoms with E-state index in [4.69, 9.17) is 8.83 Å². The maximum Gasteiger partial charge on any atom is 0.302 e. The van der Waals surface area contributed by atoms with Gasteiger partial charge in [0.2, 0.25) is 5.88 Å². The molecule has 0 saturated carbocycles. The Labute approximate surface area is 301 Å². The molecule has 0 saturated heterocycles. The van der Waals surface area contributed by atoms with E-state index in [1.54, 1.807) is 0 Å². The molecule has 0 radical (unpaired) electrons. The van der Waals surface area contributed by atoms with Crippen LogP contribution in [-0.2, 0) is 0 Å². The smallest absolute Gasteiger partial charge is 0.302 e. The molecular weight excluding hydrogens is 637 g/mol. The van der Waals surface area contributed by atoms with Gasteiger partial charge >= 0.3 is 6.71 Å². The van der Waals surface area contributed by atoms with Gasteiger partial charge in [-0.25, -0.2) is 0 Å². The summed E-state index contributed by atoms with van der Waals surface area (Å²) in [6.45, 7) is -0.184. The Hall–Kier alpha value is -6.92. The third-order valence-corrected chi connectivity index (χ3v) is 10.4. The zero-order valence-electron chi connectivity index (χ0n) is 28.1. The minimum atomic E-state index is -0.184. The summed E-state index contributed by atoms with van der Waals surface area (Å²) in [5, 5.41) is 2.16. The predicted octanol–water partition coefficient (Wildman–Crippen LogP) is 10.7. The highest BCUT2D eigenvalue weighted by Gasteiger charge is 2.49. The second-order valence-corrected chi connectivity index (χ2v) is 13.3. The Kier molecular flexibility index (Phi) is 6.28. The molecule has 244 valence electrons. The molecule has 0 bridgehead atoms. The number of benzene rings is 7. The van der Waals surface area contributed by atoms with Gasteiger partial charge in [0.1, 0.15) is 11.2 Å². The summed E-state index contributed by atoms with van der Waals surface area (Å²) in [7, 11) is 0. The van der Waals surface area contributed by atoms with E-state index in [2.05, 4.69) is 191 Å². The fourth-order valence-corrected chi connectivity index (χ4v) is 8.31. The minimum absolute atomic E-state index is 0.184. The summed E-state index contributed by atoms with van der Waals surface area (Å²) in [6, 6.07) is 63.9. The quantitative estimate of drug-likeness (QED) is 0.171. The second kappa shape index (κ2) is 11.3. The zero-order chi connectivity index (χ0) is 34.2. The van der Waals surface area contributed by atoms with Crippen molar-refractivity contribution in [3.8, 4) is 0 Å². The average Bonchev–Trinajstić information content (AvgIpc) is 3.78. The van der Waals surface area contributed by atoms with Gasteiger partial charge in [-0.05, 0) is 90.4 Å². The number of fused-ring (bicyclic) bond motifs is 8. The number of hydrogen-bond acceptors (Lipinski definition) is 5. The second-order valence-electron chi connectivity index (χ2n) is 13.3. The molecule has 2 aromatic heterocycles. The number of rotatable bonds is 5. The molecule has 0 aliphatic carbocycles. The molecule has 11 rings (SSSR count). The van der Waals surface area contributed by atoms with Gasteiger partial charge in [-0.2, -0.15) is 0 Å². The zero-order valence-corrected chi connectivity index (χ0v) is 28.1. The Balaban J connectivity index is 1.20. The van der Waals surface area contributed by atoms with Crippen LogP contribution in [0.1, 0.15) is 0 Å².